The highest BCUT2D eigenvalue weighted by atomic mass is 35.5. The highest BCUT2D eigenvalue weighted by molar-refractivity contribution is 6.33. The van der Waals surface area contributed by atoms with Crippen molar-refractivity contribution in [2.45, 2.75) is 25.9 Å². The highest BCUT2D eigenvalue weighted by Crippen LogP contribution is 2.28. The fourth-order valence-corrected chi connectivity index (χ4v) is 1.25. The van der Waals surface area contributed by atoms with Crippen LogP contribution in [0.5, 0.6) is 5.88 Å². The first kappa shape index (κ1) is 10.2. The summed E-state index contributed by atoms with van der Waals surface area (Å²) >= 11 is 5.86. The highest BCUT2D eigenvalue weighted by Gasteiger charge is 2.24. The van der Waals surface area contributed by atoms with Crippen LogP contribution in [0.4, 0.5) is 5.82 Å². The van der Waals surface area contributed by atoms with Crippen molar-refractivity contribution in [1.29, 1.82) is 0 Å². The molecule has 1 N–H and O–H groups in total. The van der Waals surface area contributed by atoms with Crippen LogP contribution in [-0.2, 0) is 4.79 Å². The Bertz CT molecular complexity index is 391. The van der Waals surface area contributed by atoms with E-state index in [1.165, 1.54) is 6.92 Å². The van der Waals surface area contributed by atoms with E-state index in [0.717, 1.165) is 12.8 Å². The molecule has 0 saturated heterocycles. The van der Waals surface area contributed by atoms with Gasteiger partial charge in [-0.05, 0) is 18.9 Å². The quantitative estimate of drug-likeness (QED) is 0.860. The molecule has 0 radical (unpaired) electrons. The van der Waals surface area contributed by atoms with E-state index >= 15 is 0 Å². The molecule has 1 amide bonds. The number of anilines is 1. The second kappa shape index (κ2) is 4.06. The standard InChI is InChI=1S/C10H11ClN2O2/c1-6(14)12-10-8(11)4-5-9(13-10)15-7-2-3-7/h4-5,7H,2-3H2,1H3,(H,12,13,14). The summed E-state index contributed by atoms with van der Waals surface area (Å²) in [6.45, 7) is 1.41. The van der Waals surface area contributed by atoms with Crippen molar-refractivity contribution in [2.24, 2.45) is 0 Å². The Labute approximate surface area is 92.6 Å². The number of halogens is 1. The van der Waals surface area contributed by atoms with Gasteiger partial charge in [-0.15, -0.1) is 0 Å². The average molecular weight is 227 g/mol. The summed E-state index contributed by atoms with van der Waals surface area (Å²) in [7, 11) is 0. The molecule has 0 atom stereocenters. The van der Waals surface area contributed by atoms with Gasteiger partial charge in [-0.3, -0.25) is 4.79 Å². The molecule has 1 aliphatic rings. The average Bonchev–Trinajstić information content (AvgIpc) is 2.94. The van der Waals surface area contributed by atoms with Crippen molar-refractivity contribution in [3.05, 3.63) is 17.2 Å². The van der Waals surface area contributed by atoms with E-state index in [1.54, 1.807) is 12.1 Å². The first-order valence-corrected chi connectivity index (χ1v) is 5.14. The molecular formula is C10H11ClN2O2. The largest absolute Gasteiger partial charge is 0.474 e. The molecule has 0 aliphatic heterocycles. The van der Waals surface area contributed by atoms with Gasteiger partial charge in [0.25, 0.3) is 0 Å². The zero-order valence-electron chi connectivity index (χ0n) is 8.29. The molecule has 1 aliphatic carbocycles. The summed E-state index contributed by atoms with van der Waals surface area (Å²) in [5, 5.41) is 2.96. The summed E-state index contributed by atoms with van der Waals surface area (Å²) in [5.41, 5.74) is 0. The number of nitrogens with one attached hydrogen (secondary N) is 1. The molecule has 2 rings (SSSR count). The van der Waals surface area contributed by atoms with Crippen molar-refractivity contribution in [3.8, 4) is 5.88 Å². The van der Waals surface area contributed by atoms with E-state index in [1.807, 2.05) is 0 Å². The van der Waals surface area contributed by atoms with Gasteiger partial charge in [0.05, 0.1) is 5.02 Å². The normalized spacial score (nSPS) is 14.8. The Morgan fingerprint density at radius 2 is 2.33 bits per heavy atom. The third-order valence-electron chi connectivity index (χ3n) is 1.93. The predicted molar refractivity (Wildman–Crippen MR) is 57.2 cm³/mol. The summed E-state index contributed by atoms with van der Waals surface area (Å²) < 4.78 is 5.48. The van der Waals surface area contributed by atoms with Gasteiger partial charge in [0.1, 0.15) is 6.10 Å². The van der Waals surface area contributed by atoms with Crippen LogP contribution in [0, 0.1) is 0 Å². The maximum atomic E-state index is 10.9. The predicted octanol–water partition coefficient (Wildman–Crippen LogP) is 2.23. The number of aromatic nitrogens is 1. The molecule has 0 aromatic carbocycles. The number of nitrogens with zero attached hydrogens (tertiary/aromatic N) is 1. The molecule has 1 saturated carbocycles. The summed E-state index contributed by atoms with van der Waals surface area (Å²) in [6.07, 6.45) is 2.42. The molecule has 5 heteroatoms. The summed E-state index contributed by atoms with van der Waals surface area (Å²) in [5.74, 6) is 0.654. The Morgan fingerprint density at radius 3 is 2.93 bits per heavy atom. The molecular weight excluding hydrogens is 216 g/mol. The molecule has 1 aromatic rings. The van der Waals surface area contributed by atoms with Crippen molar-refractivity contribution in [1.82, 2.24) is 4.98 Å². The zero-order chi connectivity index (χ0) is 10.8. The van der Waals surface area contributed by atoms with Gasteiger partial charge in [-0.2, -0.15) is 4.98 Å². The lowest BCUT2D eigenvalue weighted by Gasteiger charge is -2.07. The second-order valence-electron chi connectivity index (χ2n) is 3.48. The molecule has 0 bridgehead atoms. The van der Waals surface area contributed by atoms with Gasteiger partial charge < -0.3 is 10.1 Å². The number of hydrogen-bond acceptors (Lipinski definition) is 3. The van der Waals surface area contributed by atoms with Crippen molar-refractivity contribution in [2.75, 3.05) is 5.32 Å². The Balaban J connectivity index is 2.15. The Morgan fingerprint density at radius 1 is 1.60 bits per heavy atom. The third-order valence-corrected chi connectivity index (χ3v) is 2.23. The van der Waals surface area contributed by atoms with Gasteiger partial charge in [0, 0.05) is 13.0 Å². The number of pyridine rings is 1. The zero-order valence-corrected chi connectivity index (χ0v) is 9.04. The molecule has 1 heterocycles. The third kappa shape index (κ3) is 2.83. The van der Waals surface area contributed by atoms with E-state index in [2.05, 4.69) is 10.3 Å². The SMILES string of the molecule is CC(=O)Nc1nc(OC2CC2)ccc1Cl. The van der Waals surface area contributed by atoms with E-state index in [4.69, 9.17) is 16.3 Å². The van der Waals surface area contributed by atoms with Gasteiger partial charge in [-0.1, -0.05) is 11.6 Å². The van der Waals surface area contributed by atoms with E-state index in [-0.39, 0.29) is 12.0 Å². The topological polar surface area (TPSA) is 51.2 Å². The minimum atomic E-state index is -0.201. The number of ether oxygens (including phenoxy) is 1. The van der Waals surface area contributed by atoms with Crippen LogP contribution < -0.4 is 10.1 Å². The molecule has 1 aromatic heterocycles. The van der Waals surface area contributed by atoms with Gasteiger partial charge >= 0.3 is 0 Å². The molecule has 15 heavy (non-hydrogen) atoms. The van der Waals surface area contributed by atoms with E-state index in [9.17, 15) is 4.79 Å². The number of carbonyl (C=O) groups is 1. The molecule has 4 nitrogen and oxygen atoms in total. The number of carbonyl (C=O) groups excluding carboxylic acids is 1. The minimum absolute atomic E-state index is 0.201. The lowest BCUT2D eigenvalue weighted by atomic mass is 10.4. The van der Waals surface area contributed by atoms with Crippen LogP contribution in [0.2, 0.25) is 5.02 Å². The van der Waals surface area contributed by atoms with E-state index < -0.39 is 0 Å². The Hall–Kier alpha value is -1.29. The van der Waals surface area contributed by atoms with Crippen molar-refractivity contribution >= 4 is 23.3 Å². The minimum Gasteiger partial charge on any atom is -0.474 e. The van der Waals surface area contributed by atoms with Gasteiger partial charge in [0.15, 0.2) is 5.82 Å². The van der Waals surface area contributed by atoms with Gasteiger partial charge in [-0.25, -0.2) is 0 Å². The fraction of sp³-hybridized carbons (Fsp3) is 0.400. The van der Waals surface area contributed by atoms with Crippen LogP contribution in [0.3, 0.4) is 0 Å². The number of rotatable bonds is 3. The smallest absolute Gasteiger partial charge is 0.222 e. The number of amides is 1. The van der Waals surface area contributed by atoms with Gasteiger partial charge in [0.2, 0.25) is 11.8 Å². The molecule has 1 fully saturated rings. The molecule has 80 valence electrons. The summed E-state index contributed by atoms with van der Waals surface area (Å²) in [4.78, 5) is 15.0. The number of hydrogen-bond donors (Lipinski definition) is 1. The van der Waals surface area contributed by atoms with Crippen LogP contribution in [0.15, 0.2) is 12.1 Å². The van der Waals surface area contributed by atoms with Crippen molar-refractivity contribution < 1.29 is 9.53 Å². The van der Waals surface area contributed by atoms with E-state index in [0.29, 0.717) is 16.7 Å². The van der Waals surface area contributed by atoms with Crippen LogP contribution in [0.1, 0.15) is 19.8 Å². The van der Waals surface area contributed by atoms with Crippen LogP contribution in [-0.4, -0.2) is 17.0 Å². The summed E-state index contributed by atoms with van der Waals surface area (Å²) in [6, 6.07) is 3.36. The first-order chi connectivity index (χ1) is 7.15. The molecule has 0 spiro atoms. The lowest BCUT2D eigenvalue weighted by molar-refractivity contribution is -0.114. The fourth-order valence-electron chi connectivity index (χ4n) is 1.10. The lowest BCUT2D eigenvalue weighted by Crippen LogP contribution is -2.09. The Kier molecular flexibility index (Phi) is 2.77. The second-order valence-corrected chi connectivity index (χ2v) is 3.89. The molecule has 0 unspecified atom stereocenters. The van der Waals surface area contributed by atoms with Crippen molar-refractivity contribution in [3.63, 3.8) is 0 Å². The first-order valence-electron chi connectivity index (χ1n) is 4.76. The van der Waals surface area contributed by atoms with Crippen LogP contribution >= 0.6 is 11.6 Å². The maximum absolute atomic E-state index is 10.9. The maximum Gasteiger partial charge on any atom is 0.222 e. The monoisotopic (exact) mass is 226 g/mol. The van der Waals surface area contributed by atoms with Crippen LogP contribution in [0.25, 0.3) is 0 Å².